The molecule has 3 aromatic rings. The Morgan fingerprint density at radius 1 is 1.09 bits per heavy atom. The van der Waals surface area contributed by atoms with Crippen LogP contribution in [-0.2, 0) is 32.7 Å². The molecule has 174 valence electrons. The van der Waals surface area contributed by atoms with Crippen LogP contribution < -0.4 is 10.0 Å². The smallest absolute Gasteiger partial charge is 0.255 e. The topological polar surface area (TPSA) is 143 Å². The fraction of sp³-hybridized carbons (Fsp3) is 0.227. The number of nitrogens with zero attached hydrogens (tertiary/aromatic N) is 4. The van der Waals surface area contributed by atoms with E-state index in [-0.39, 0.29) is 36.2 Å². The van der Waals surface area contributed by atoms with Gasteiger partial charge in [0, 0.05) is 18.5 Å². The van der Waals surface area contributed by atoms with Crippen LogP contribution in [0.2, 0.25) is 0 Å². The van der Waals surface area contributed by atoms with Crippen molar-refractivity contribution in [3.05, 3.63) is 71.5 Å². The maximum atomic E-state index is 12.8. The highest BCUT2D eigenvalue weighted by atomic mass is 32.2. The molecule has 1 atom stereocenters. The summed E-state index contributed by atoms with van der Waals surface area (Å²) in [7, 11) is -3.68. The standard InChI is InChI=1S/C22H20N6O5S/c29-20-9-8-19(21(30)24-20)27-12-14-10-16(6-7-18(14)22(27)31)28-13-15(25-26-28)11-23-34(32,33)17-4-2-1-3-5-17/h1-7,10,13,19,23H,8-9,11-12H2,(H,24,29,30). The van der Waals surface area contributed by atoms with E-state index in [1.54, 1.807) is 42.6 Å². The van der Waals surface area contributed by atoms with Gasteiger partial charge in [-0.2, -0.15) is 0 Å². The first-order valence-electron chi connectivity index (χ1n) is 10.6. The molecule has 1 aromatic heterocycles. The number of carbonyl (C=O) groups is 3. The van der Waals surface area contributed by atoms with Gasteiger partial charge < -0.3 is 4.90 Å². The first kappa shape index (κ1) is 21.9. The first-order valence-corrected chi connectivity index (χ1v) is 12.0. The van der Waals surface area contributed by atoms with Gasteiger partial charge in [-0.15, -0.1) is 5.10 Å². The van der Waals surface area contributed by atoms with Crippen LogP contribution in [0.3, 0.4) is 0 Å². The molecule has 2 N–H and O–H groups in total. The molecule has 2 aliphatic heterocycles. The summed E-state index contributed by atoms with van der Waals surface area (Å²) in [6.07, 6.45) is 2.09. The Balaban J connectivity index is 1.30. The lowest BCUT2D eigenvalue weighted by atomic mass is 10.0. The fourth-order valence-electron chi connectivity index (χ4n) is 4.06. The van der Waals surface area contributed by atoms with Crippen LogP contribution in [0.5, 0.6) is 0 Å². The van der Waals surface area contributed by atoms with Crippen LogP contribution in [0.4, 0.5) is 0 Å². The quantitative estimate of drug-likeness (QED) is 0.489. The van der Waals surface area contributed by atoms with Crippen LogP contribution in [-0.4, -0.2) is 52.1 Å². The monoisotopic (exact) mass is 480 g/mol. The first-order chi connectivity index (χ1) is 16.3. The van der Waals surface area contributed by atoms with E-state index in [9.17, 15) is 22.8 Å². The van der Waals surface area contributed by atoms with E-state index >= 15 is 0 Å². The van der Waals surface area contributed by atoms with Gasteiger partial charge in [0.1, 0.15) is 6.04 Å². The summed E-state index contributed by atoms with van der Waals surface area (Å²) in [5.74, 6) is -1.05. The van der Waals surface area contributed by atoms with Crippen molar-refractivity contribution < 1.29 is 22.8 Å². The SMILES string of the molecule is O=C1CCC(N2Cc3cc(-n4cc(CNS(=O)(=O)c5ccccc5)nn4)ccc3C2=O)C(=O)N1. The minimum absolute atomic E-state index is 0.0378. The van der Waals surface area contributed by atoms with Gasteiger partial charge in [0.05, 0.1) is 29.0 Å². The molecule has 11 nitrogen and oxygen atoms in total. The van der Waals surface area contributed by atoms with Gasteiger partial charge in [-0.25, -0.2) is 17.8 Å². The highest BCUT2D eigenvalue weighted by Crippen LogP contribution is 2.29. The van der Waals surface area contributed by atoms with Gasteiger partial charge >= 0.3 is 0 Å². The molecule has 2 aromatic carbocycles. The number of nitrogens with one attached hydrogen (secondary N) is 2. The number of amides is 3. The molecule has 0 bridgehead atoms. The molecule has 34 heavy (non-hydrogen) atoms. The Morgan fingerprint density at radius 3 is 2.65 bits per heavy atom. The number of aromatic nitrogens is 3. The van der Waals surface area contributed by atoms with Crippen molar-refractivity contribution in [3.8, 4) is 5.69 Å². The fourth-order valence-corrected chi connectivity index (χ4v) is 5.08. The highest BCUT2D eigenvalue weighted by molar-refractivity contribution is 7.89. The summed E-state index contributed by atoms with van der Waals surface area (Å²) >= 11 is 0. The number of fused-ring (bicyclic) bond motifs is 1. The summed E-state index contributed by atoms with van der Waals surface area (Å²) in [4.78, 5) is 38.1. The second kappa shape index (κ2) is 8.47. The second-order valence-electron chi connectivity index (χ2n) is 8.03. The third-order valence-electron chi connectivity index (χ3n) is 5.81. The zero-order valence-corrected chi connectivity index (χ0v) is 18.7. The van der Waals surface area contributed by atoms with Gasteiger partial charge in [0.2, 0.25) is 21.8 Å². The predicted octanol–water partition coefficient (Wildman–Crippen LogP) is 0.507. The number of hydrogen-bond acceptors (Lipinski definition) is 7. The zero-order valence-electron chi connectivity index (χ0n) is 17.8. The largest absolute Gasteiger partial charge is 0.322 e. The lowest BCUT2D eigenvalue weighted by Gasteiger charge is -2.29. The van der Waals surface area contributed by atoms with Crippen LogP contribution in [0.1, 0.15) is 34.5 Å². The third kappa shape index (κ3) is 4.08. The van der Waals surface area contributed by atoms with Gasteiger partial charge in [0.25, 0.3) is 5.91 Å². The van der Waals surface area contributed by atoms with Crippen LogP contribution in [0.25, 0.3) is 5.69 Å². The molecule has 2 aliphatic rings. The normalized spacial score (nSPS) is 18.2. The Bertz CT molecular complexity index is 1400. The van der Waals surface area contributed by atoms with E-state index in [0.29, 0.717) is 23.4 Å². The van der Waals surface area contributed by atoms with E-state index in [4.69, 9.17) is 0 Å². The number of benzene rings is 2. The molecule has 12 heteroatoms. The van der Waals surface area contributed by atoms with Gasteiger partial charge in [-0.1, -0.05) is 23.4 Å². The van der Waals surface area contributed by atoms with Crippen molar-refractivity contribution in [2.75, 3.05) is 0 Å². The van der Waals surface area contributed by atoms with E-state index in [2.05, 4.69) is 20.4 Å². The molecule has 3 amide bonds. The summed E-state index contributed by atoms with van der Waals surface area (Å²) in [6, 6.07) is 12.5. The number of carbonyl (C=O) groups excluding carboxylic acids is 3. The predicted molar refractivity (Wildman–Crippen MR) is 118 cm³/mol. The van der Waals surface area contributed by atoms with Crippen molar-refractivity contribution in [2.24, 2.45) is 0 Å². The Labute approximate surface area is 194 Å². The summed E-state index contributed by atoms with van der Waals surface area (Å²) in [6.45, 7) is 0.205. The van der Waals surface area contributed by atoms with E-state index in [0.717, 1.165) is 5.56 Å². The highest BCUT2D eigenvalue weighted by Gasteiger charge is 2.39. The lowest BCUT2D eigenvalue weighted by molar-refractivity contribution is -0.136. The van der Waals surface area contributed by atoms with Crippen LogP contribution in [0.15, 0.2) is 59.6 Å². The molecule has 0 aliphatic carbocycles. The van der Waals surface area contributed by atoms with Crippen LogP contribution in [0, 0.1) is 0 Å². The van der Waals surface area contributed by atoms with Crippen molar-refractivity contribution in [2.45, 2.75) is 36.9 Å². The van der Waals surface area contributed by atoms with Crippen molar-refractivity contribution in [1.29, 1.82) is 0 Å². The molecule has 0 saturated carbocycles. The molecule has 3 heterocycles. The second-order valence-corrected chi connectivity index (χ2v) is 9.80. The third-order valence-corrected chi connectivity index (χ3v) is 7.23. The van der Waals surface area contributed by atoms with Crippen molar-refractivity contribution in [3.63, 3.8) is 0 Å². The number of piperidine rings is 1. The van der Waals surface area contributed by atoms with Gasteiger partial charge in [-0.05, 0) is 42.3 Å². The maximum Gasteiger partial charge on any atom is 0.255 e. The molecule has 0 radical (unpaired) electrons. The van der Waals surface area contributed by atoms with E-state index < -0.39 is 22.0 Å². The Kier molecular flexibility index (Phi) is 5.46. The average Bonchev–Trinajstić information content (AvgIpc) is 3.43. The van der Waals surface area contributed by atoms with Gasteiger partial charge in [-0.3, -0.25) is 19.7 Å². The number of sulfonamides is 1. The average molecular weight is 481 g/mol. The van der Waals surface area contributed by atoms with Crippen molar-refractivity contribution in [1.82, 2.24) is 29.9 Å². The zero-order chi connectivity index (χ0) is 23.9. The molecule has 1 saturated heterocycles. The summed E-state index contributed by atoms with van der Waals surface area (Å²) < 4.78 is 28.8. The minimum atomic E-state index is -3.68. The van der Waals surface area contributed by atoms with E-state index in [1.807, 2.05) is 0 Å². The van der Waals surface area contributed by atoms with Gasteiger partial charge in [0.15, 0.2) is 0 Å². The molecular formula is C22H20N6O5S. The Hall–Kier alpha value is -3.90. The number of imide groups is 1. The molecule has 0 spiro atoms. The summed E-state index contributed by atoms with van der Waals surface area (Å²) in [5, 5.41) is 10.4. The van der Waals surface area contributed by atoms with Crippen molar-refractivity contribution >= 4 is 27.7 Å². The molecule has 1 unspecified atom stereocenters. The Morgan fingerprint density at radius 2 is 1.88 bits per heavy atom. The molecule has 1 fully saturated rings. The number of hydrogen-bond donors (Lipinski definition) is 2. The minimum Gasteiger partial charge on any atom is -0.322 e. The lowest BCUT2D eigenvalue weighted by Crippen LogP contribution is -2.52. The summed E-state index contributed by atoms with van der Waals surface area (Å²) in [5.41, 5.74) is 2.28. The maximum absolute atomic E-state index is 12.8. The number of rotatable bonds is 6. The molecule has 5 rings (SSSR count). The van der Waals surface area contributed by atoms with Crippen LogP contribution >= 0.6 is 0 Å². The molecular weight excluding hydrogens is 460 g/mol. The van der Waals surface area contributed by atoms with E-state index in [1.165, 1.54) is 21.7 Å².